The van der Waals surface area contributed by atoms with Gasteiger partial charge >= 0.3 is 0 Å². The van der Waals surface area contributed by atoms with Crippen LogP contribution in [0.15, 0.2) is 54.9 Å². The molecule has 0 fully saturated rings. The van der Waals surface area contributed by atoms with Crippen molar-refractivity contribution in [2.24, 2.45) is 0 Å². The summed E-state index contributed by atoms with van der Waals surface area (Å²) in [6.07, 6.45) is 2.70. The first-order chi connectivity index (χ1) is 12.0. The summed E-state index contributed by atoms with van der Waals surface area (Å²) in [5.41, 5.74) is 2.24. The van der Waals surface area contributed by atoms with E-state index in [4.69, 9.17) is 0 Å². The fourth-order valence-electron chi connectivity index (χ4n) is 2.12. The van der Waals surface area contributed by atoms with Crippen molar-refractivity contribution in [2.45, 2.75) is 6.92 Å². The number of rotatable bonds is 4. The highest BCUT2D eigenvalue weighted by atomic mass is 19.2. The summed E-state index contributed by atoms with van der Waals surface area (Å²) in [6.45, 7) is 1.95. The van der Waals surface area contributed by atoms with Gasteiger partial charge in [0.05, 0.1) is 5.56 Å². The van der Waals surface area contributed by atoms with Crippen LogP contribution in [0, 0.1) is 18.6 Å². The Morgan fingerprint density at radius 3 is 2.40 bits per heavy atom. The SMILES string of the molecule is Cc1ccccc1Nc1ncc(C(=O)Nc2ccc(F)c(F)c2)cn1. The maximum absolute atomic E-state index is 13.2. The zero-order valence-electron chi connectivity index (χ0n) is 13.3. The zero-order valence-corrected chi connectivity index (χ0v) is 13.3. The largest absolute Gasteiger partial charge is 0.324 e. The lowest BCUT2D eigenvalue weighted by Gasteiger charge is -2.08. The minimum atomic E-state index is -1.04. The lowest BCUT2D eigenvalue weighted by molar-refractivity contribution is 0.102. The number of nitrogens with zero attached hydrogens (tertiary/aromatic N) is 2. The van der Waals surface area contributed by atoms with E-state index in [1.165, 1.54) is 18.5 Å². The molecule has 0 unspecified atom stereocenters. The molecule has 126 valence electrons. The molecule has 0 atom stereocenters. The Hall–Kier alpha value is -3.35. The molecule has 0 spiro atoms. The standard InChI is InChI=1S/C18H14F2N4O/c1-11-4-2-3-5-16(11)24-18-21-9-12(10-22-18)17(25)23-13-6-7-14(19)15(20)8-13/h2-10H,1H3,(H,23,25)(H,21,22,24). The second-order valence-electron chi connectivity index (χ2n) is 5.32. The molecule has 2 aromatic carbocycles. The van der Waals surface area contributed by atoms with Gasteiger partial charge in [-0.15, -0.1) is 0 Å². The summed E-state index contributed by atoms with van der Waals surface area (Å²) >= 11 is 0. The number of nitrogens with one attached hydrogen (secondary N) is 2. The minimum Gasteiger partial charge on any atom is -0.324 e. The Morgan fingerprint density at radius 2 is 1.72 bits per heavy atom. The van der Waals surface area contributed by atoms with Crippen molar-refractivity contribution in [2.75, 3.05) is 10.6 Å². The number of amides is 1. The topological polar surface area (TPSA) is 66.9 Å². The van der Waals surface area contributed by atoms with E-state index in [1.54, 1.807) is 0 Å². The highest BCUT2D eigenvalue weighted by Gasteiger charge is 2.10. The van der Waals surface area contributed by atoms with Crippen LogP contribution in [-0.2, 0) is 0 Å². The van der Waals surface area contributed by atoms with Crippen molar-refractivity contribution >= 4 is 23.2 Å². The van der Waals surface area contributed by atoms with E-state index in [9.17, 15) is 13.6 Å². The van der Waals surface area contributed by atoms with E-state index in [2.05, 4.69) is 20.6 Å². The molecule has 0 saturated carbocycles. The highest BCUT2D eigenvalue weighted by Crippen LogP contribution is 2.17. The van der Waals surface area contributed by atoms with E-state index in [1.807, 2.05) is 31.2 Å². The molecule has 1 aromatic heterocycles. The number of para-hydroxylation sites is 1. The van der Waals surface area contributed by atoms with Crippen LogP contribution >= 0.6 is 0 Å². The van der Waals surface area contributed by atoms with Crippen molar-refractivity contribution < 1.29 is 13.6 Å². The van der Waals surface area contributed by atoms with Crippen LogP contribution in [-0.4, -0.2) is 15.9 Å². The Kier molecular flexibility index (Phi) is 4.65. The van der Waals surface area contributed by atoms with Crippen LogP contribution in [0.25, 0.3) is 0 Å². The first-order valence-corrected chi connectivity index (χ1v) is 7.44. The molecule has 2 N–H and O–H groups in total. The number of aryl methyl sites for hydroxylation is 1. The molecule has 7 heteroatoms. The maximum atomic E-state index is 13.2. The van der Waals surface area contributed by atoms with Gasteiger partial charge in [0.2, 0.25) is 5.95 Å². The molecule has 0 saturated heterocycles. The molecule has 5 nitrogen and oxygen atoms in total. The highest BCUT2D eigenvalue weighted by molar-refractivity contribution is 6.03. The molecule has 1 amide bonds. The van der Waals surface area contributed by atoms with Crippen LogP contribution in [0.4, 0.5) is 26.1 Å². The van der Waals surface area contributed by atoms with Gasteiger partial charge in [-0.25, -0.2) is 18.7 Å². The Morgan fingerprint density at radius 1 is 1.00 bits per heavy atom. The quantitative estimate of drug-likeness (QED) is 0.752. The molecular weight excluding hydrogens is 326 g/mol. The first kappa shape index (κ1) is 16.5. The molecule has 0 bridgehead atoms. The molecule has 0 aliphatic heterocycles. The van der Waals surface area contributed by atoms with Gasteiger partial charge in [-0.3, -0.25) is 4.79 Å². The molecule has 1 heterocycles. The second-order valence-corrected chi connectivity index (χ2v) is 5.32. The van der Waals surface area contributed by atoms with E-state index >= 15 is 0 Å². The molecule has 3 rings (SSSR count). The van der Waals surface area contributed by atoms with Crippen LogP contribution in [0.1, 0.15) is 15.9 Å². The number of benzene rings is 2. The molecule has 25 heavy (non-hydrogen) atoms. The number of anilines is 3. The second kappa shape index (κ2) is 7.04. The van der Waals surface area contributed by atoms with Crippen LogP contribution in [0.2, 0.25) is 0 Å². The summed E-state index contributed by atoms with van der Waals surface area (Å²) in [5, 5.41) is 5.52. The van der Waals surface area contributed by atoms with E-state index in [-0.39, 0.29) is 11.3 Å². The van der Waals surface area contributed by atoms with Gasteiger partial charge < -0.3 is 10.6 Å². The van der Waals surface area contributed by atoms with Gasteiger partial charge in [0.15, 0.2) is 11.6 Å². The Bertz CT molecular complexity index is 913. The summed E-state index contributed by atoms with van der Waals surface area (Å²) < 4.78 is 26.1. The number of hydrogen-bond acceptors (Lipinski definition) is 4. The number of carbonyl (C=O) groups is 1. The van der Waals surface area contributed by atoms with Crippen molar-refractivity contribution in [1.29, 1.82) is 0 Å². The predicted octanol–water partition coefficient (Wildman–Crippen LogP) is 4.06. The van der Waals surface area contributed by atoms with E-state index < -0.39 is 17.5 Å². The number of aromatic nitrogens is 2. The van der Waals surface area contributed by atoms with Gasteiger partial charge in [0.1, 0.15) is 0 Å². The monoisotopic (exact) mass is 340 g/mol. The number of halogens is 2. The average Bonchev–Trinajstić information content (AvgIpc) is 2.61. The van der Waals surface area contributed by atoms with Crippen molar-refractivity contribution in [3.63, 3.8) is 0 Å². The minimum absolute atomic E-state index is 0.144. The summed E-state index contributed by atoms with van der Waals surface area (Å²) in [5.74, 6) is -2.19. The van der Waals surface area contributed by atoms with Gasteiger partial charge in [-0.05, 0) is 30.7 Å². The maximum Gasteiger partial charge on any atom is 0.258 e. The van der Waals surface area contributed by atoms with E-state index in [0.717, 1.165) is 23.4 Å². The third kappa shape index (κ3) is 3.95. The molecule has 0 radical (unpaired) electrons. The Labute approximate surface area is 142 Å². The molecule has 3 aromatic rings. The molecule has 0 aliphatic carbocycles. The average molecular weight is 340 g/mol. The Balaban J connectivity index is 1.70. The van der Waals surface area contributed by atoms with Crippen LogP contribution in [0.5, 0.6) is 0 Å². The van der Waals surface area contributed by atoms with Crippen molar-refractivity contribution in [3.05, 3.63) is 77.6 Å². The summed E-state index contributed by atoms with van der Waals surface area (Å²) in [4.78, 5) is 20.3. The number of carbonyl (C=O) groups excluding carboxylic acids is 1. The normalized spacial score (nSPS) is 10.4. The summed E-state index contributed by atoms with van der Waals surface area (Å²) in [7, 11) is 0. The van der Waals surface area contributed by atoms with Gasteiger partial charge in [0.25, 0.3) is 5.91 Å². The van der Waals surface area contributed by atoms with Crippen LogP contribution < -0.4 is 10.6 Å². The van der Waals surface area contributed by atoms with Gasteiger partial charge in [-0.1, -0.05) is 18.2 Å². The smallest absolute Gasteiger partial charge is 0.258 e. The molecule has 0 aliphatic rings. The first-order valence-electron chi connectivity index (χ1n) is 7.44. The van der Waals surface area contributed by atoms with Crippen molar-refractivity contribution in [3.8, 4) is 0 Å². The lowest BCUT2D eigenvalue weighted by atomic mass is 10.2. The van der Waals surface area contributed by atoms with Crippen molar-refractivity contribution in [1.82, 2.24) is 9.97 Å². The summed E-state index contributed by atoms with van der Waals surface area (Å²) in [6, 6.07) is 10.8. The lowest BCUT2D eigenvalue weighted by Crippen LogP contribution is -2.13. The number of hydrogen-bond donors (Lipinski definition) is 2. The third-order valence-electron chi connectivity index (χ3n) is 3.48. The van der Waals surface area contributed by atoms with Gasteiger partial charge in [0, 0.05) is 29.8 Å². The predicted molar refractivity (Wildman–Crippen MR) is 90.8 cm³/mol. The zero-order chi connectivity index (χ0) is 17.8. The van der Waals surface area contributed by atoms with Crippen LogP contribution in [0.3, 0.4) is 0 Å². The third-order valence-corrected chi connectivity index (χ3v) is 3.48. The fraction of sp³-hybridized carbons (Fsp3) is 0.0556. The van der Waals surface area contributed by atoms with Gasteiger partial charge in [-0.2, -0.15) is 0 Å². The fourth-order valence-corrected chi connectivity index (χ4v) is 2.12. The van der Waals surface area contributed by atoms with E-state index in [0.29, 0.717) is 5.95 Å². The molecular formula is C18H14F2N4O.